The van der Waals surface area contributed by atoms with Crippen molar-refractivity contribution in [3.8, 4) is 0 Å². The molecule has 2 saturated heterocycles. The molecule has 0 N–H and O–H groups in total. The molecule has 186 valence electrons. The molecule has 0 bridgehead atoms. The van der Waals surface area contributed by atoms with Crippen LogP contribution in [-0.4, -0.2) is 30.6 Å². The predicted octanol–water partition coefficient (Wildman–Crippen LogP) is 6.36. The zero-order valence-corrected chi connectivity index (χ0v) is 21.6. The van der Waals surface area contributed by atoms with Crippen LogP contribution in [-0.2, 0) is 19.0 Å². The molecule has 2 aliphatic heterocycles. The minimum atomic E-state index is -0.300. The molecule has 2 heterocycles. The lowest BCUT2D eigenvalue weighted by Gasteiger charge is -2.61. The van der Waals surface area contributed by atoms with Gasteiger partial charge in [-0.1, -0.05) is 27.7 Å². The molecule has 12 atom stereocenters. The second-order valence-corrected chi connectivity index (χ2v) is 13.7. The van der Waals surface area contributed by atoms with Crippen molar-refractivity contribution in [2.24, 2.45) is 52.3 Å². The first-order valence-corrected chi connectivity index (χ1v) is 14.2. The van der Waals surface area contributed by atoms with Gasteiger partial charge in [0.2, 0.25) is 0 Å². The highest BCUT2D eigenvalue weighted by Crippen LogP contribution is 2.71. The molecule has 0 aromatic heterocycles. The van der Waals surface area contributed by atoms with E-state index in [4.69, 9.17) is 14.2 Å². The smallest absolute Gasteiger partial charge is 0.302 e. The highest BCUT2D eigenvalue weighted by Gasteiger charge is 2.69. The van der Waals surface area contributed by atoms with Crippen LogP contribution in [0.3, 0.4) is 0 Å². The third-order valence-corrected chi connectivity index (χ3v) is 12.2. The van der Waals surface area contributed by atoms with Gasteiger partial charge in [-0.25, -0.2) is 0 Å². The first kappa shape index (κ1) is 22.8. The lowest BCUT2D eigenvalue weighted by atomic mass is 9.44. The summed E-state index contributed by atoms with van der Waals surface area (Å²) < 4.78 is 19.1. The summed E-state index contributed by atoms with van der Waals surface area (Å²) in [5, 5.41) is 0. The minimum absolute atomic E-state index is 0.105. The Morgan fingerprint density at radius 1 is 0.909 bits per heavy atom. The Balaban J connectivity index is 1.21. The number of carbonyl (C=O) groups is 1. The van der Waals surface area contributed by atoms with Crippen molar-refractivity contribution in [2.45, 2.75) is 117 Å². The Morgan fingerprint density at radius 2 is 1.70 bits per heavy atom. The number of hydrogen-bond acceptors (Lipinski definition) is 4. The maximum atomic E-state index is 11.5. The molecule has 33 heavy (non-hydrogen) atoms. The third kappa shape index (κ3) is 3.25. The van der Waals surface area contributed by atoms with Crippen LogP contribution in [0.2, 0.25) is 0 Å². The number of ether oxygens (including phenoxy) is 3. The summed E-state index contributed by atoms with van der Waals surface area (Å²) in [4.78, 5) is 11.5. The van der Waals surface area contributed by atoms with Crippen molar-refractivity contribution in [3.63, 3.8) is 0 Å². The van der Waals surface area contributed by atoms with Crippen molar-refractivity contribution >= 4 is 5.97 Å². The first-order valence-electron chi connectivity index (χ1n) is 14.2. The Labute approximate surface area is 200 Å². The van der Waals surface area contributed by atoms with E-state index in [0.717, 1.165) is 49.5 Å². The normalized spacial score (nSPS) is 57.7. The van der Waals surface area contributed by atoms with Gasteiger partial charge in [0.15, 0.2) is 5.79 Å². The SMILES string of the molecule is CC(=O)O[C@@H]1CC[C@@]2(C)[C@@H](CC[C@H]3[C@H]4C[C@@H]5O[C@]6(CC[C@@H](C)CO6)[C@@H](C)[C@@H]5[C@@]4(C)CC[C@@H]32)C1. The van der Waals surface area contributed by atoms with Gasteiger partial charge < -0.3 is 14.2 Å². The molecule has 4 nitrogen and oxygen atoms in total. The van der Waals surface area contributed by atoms with Gasteiger partial charge >= 0.3 is 5.97 Å². The van der Waals surface area contributed by atoms with E-state index < -0.39 is 0 Å². The molecule has 1 spiro atoms. The largest absolute Gasteiger partial charge is 0.463 e. The molecule has 4 heteroatoms. The summed E-state index contributed by atoms with van der Waals surface area (Å²) in [7, 11) is 0. The zero-order chi connectivity index (χ0) is 23.2. The molecule has 0 aromatic rings. The fraction of sp³-hybridized carbons (Fsp3) is 0.966. The molecule has 0 unspecified atom stereocenters. The number of rotatable bonds is 1. The highest BCUT2D eigenvalue weighted by atomic mass is 16.7. The standard InChI is InChI=1S/C29H46O4/c1-17-8-13-29(31-16-17)18(2)26-25(33-29)15-24-22-7-6-20-14-21(32-19(3)30)9-11-27(20,4)23(22)10-12-28(24,26)5/h17-18,20-26H,6-16H2,1-5H3/t17-,18+,20+,21-,22-,23+,24-,25+,26+,27+,28+,29-/m1/s1. The molecule has 0 amide bonds. The van der Waals surface area contributed by atoms with Crippen molar-refractivity contribution < 1.29 is 19.0 Å². The monoisotopic (exact) mass is 458 g/mol. The molecule has 6 fully saturated rings. The van der Waals surface area contributed by atoms with Crippen LogP contribution in [0.1, 0.15) is 98.8 Å². The van der Waals surface area contributed by atoms with E-state index in [1.807, 2.05) is 0 Å². The van der Waals surface area contributed by atoms with Crippen LogP contribution in [0, 0.1) is 52.3 Å². The topological polar surface area (TPSA) is 44.8 Å². The van der Waals surface area contributed by atoms with Gasteiger partial charge in [-0.05, 0) is 104 Å². The minimum Gasteiger partial charge on any atom is -0.463 e. The summed E-state index contributed by atoms with van der Waals surface area (Å²) in [5.41, 5.74) is 0.828. The van der Waals surface area contributed by atoms with Crippen LogP contribution >= 0.6 is 0 Å². The summed E-state index contributed by atoms with van der Waals surface area (Å²) in [5.74, 6) is 4.63. The summed E-state index contributed by atoms with van der Waals surface area (Å²) in [6.07, 6.45) is 12.9. The Kier molecular flexibility index (Phi) is 5.32. The predicted molar refractivity (Wildman–Crippen MR) is 127 cm³/mol. The summed E-state index contributed by atoms with van der Waals surface area (Å²) in [6, 6.07) is 0. The first-order chi connectivity index (χ1) is 15.7. The van der Waals surface area contributed by atoms with Crippen molar-refractivity contribution in [1.29, 1.82) is 0 Å². The molecular weight excluding hydrogens is 412 g/mol. The molecule has 0 aromatic carbocycles. The van der Waals surface area contributed by atoms with Crippen LogP contribution < -0.4 is 0 Å². The Hall–Kier alpha value is -0.610. The van der Waals surface area contributed by atoms with Gasteiger partial charge in [0.1, 0.15) is 6.10 Å². The Bertz CT molecular complexity index is 786. The fourth-order valence-electron chi connectivity index (χ4n) is 10.6. The van der Waals surface area contributed by atoms with Gasteiger partial charge in [-0.15, -0.1) is 0 Å². The van der Waals surface area contributed by atoms with E-state index in [-0.39, 0.29) is 17.9 Å². The van der Waals surface area contributed by atoms with Crippen molar-refractivity contribution in [3.05, 3.63) is 0 Å². The molecule has 6 rings (SSSR count). The van der Waals surface area contributed by atoms with Gasteiger partial charge in [0.25, 0.3) is 0 Å². The molecule has 6 aliphatic rings. The average molecular weight is 459 g/mol. The summed E-state index contributed by atoms with van der Waals surface area (Å²) in [6.45, 7) is 12.4. The van der Waals surface area contributed by atoms with E-state index in [2.05, 4.69) is 27.7 Å². The highest BCUT2D eigenvalue weighted by molar-refractivity contribution is 5.66. The van der Waals surface area contributed by atoms with E-state index in [9.17, 15) is 4.79 Å². The van der Waals surface area contributed by atoms with Crippen molar-refractivity contribution in [2.75, 3.05) is 6.61 Å². The summed E-state index contributed by atoms with van der Waals surface area (Å²) >= 11 is 0. The van der Waals surface area contributed by atoms with Crippen LogP contribution in [0.4, 0.5) is 0 Å². The number of hydrogen-bond donors (Lipinski definition) is 0. The lowest BCUT2D eigenvalue weighted by Crippen LogP contribution is -2.55. The van der Waals surface area contributed by atoms with Gasteiger partial charge in [0.05, 0.1) is 12.7 Å². The Morgan fingerprint density at radius 3 is 2.42 bits per heavy atom. The quantitative estimate of drug-likeness (QED) is 0.429. The van der Waals surface area contributed by atoms with Crippen LogP contribution in [0.5, 0.6) is 0 Å². The molecule has 0 radical (unpaired) electrons. The maximum absolute atomic E-state index is 11.5. The fourth-order valence-corrected chi connectivity index (χ4v) is 10.6. The maximum Gasteiger partial charge on any atom is 0.302 e. The van der Waals surface area contributed by atoms with Gasteiger partial charge in [-0.2, -0.15) is 0 Å². The van der Waals surface area contributed by atoms with Gasteiger partial charge in [-0.3, -0.25) is 4.79 Å². The molecule has 4 saturated carbocycles. The van der Waals surface area contributed by atoms with E-state index in [0.29, 0.717) is 34.7 Å². The lowest BCUT2D eigenvalue weighted by molar-refractivity contribution is -0.273. The molecular formula is C29H46O4. The number of fused-ring (bicyclic) bond motifs is 7. The van der Waals surface area contributed by atoms with E-state index in [1.54, 1.807) is 6.92 Å². The third-order valence-electron chi connectivity index (χ3n) is 12.2. The second-order valence-electron chi connectivity index (χ2n) is 13.7. The van der Waals surface area contributed by atoms with Crippen molar-refractivity contribution in [1.82, 2.24) is 0 Å². The van der Waals surface area contributed by atoms with Gasteiger partial charge in [0, 0.05) is 19.3 Å². The van der Waals surface area contributed by atoms with E-state index >= 15 is 0 Å². The van der Waals surface area contributed by atoms with Crippen LogP contribution in [0.15, 0.2) is 0 Å². The van der Waals surface area contributed by atoms with E-state index in [1.165, 1.54) is 44.9 Å². The average Bonchev–Trinajstić information content (AvgIpc) is 3.21. The number of carbonyl (C=O) groups excluding carboxylic acids is 1. The number of esters is 1. The van der Waals surface area contributed by atoms with Crippen LogP contribution in [0.25, 0.3) is 0 Å². The molecule has 4 aliphatic carbocycles. The zero-order valence-electron chi connectivity index (χ0n) is 21.6. The second kappa shape index (κ2) is 7.69.